The monoisotopic (exact) mass is 291 g/mol. The van der Waals surface area contributed by atoms with Gasteiger partial charge in [0.2, 0.25) is 0 Å². The van der Waals surface area contributed by atoms with E-state index in [1.54, 1.807) is 24.2 Å². The number of hydrogen-bond acceptors (Lipinski definition) is 5. The second kappa shape index (κ2) is 4.71. The maximum atomic E-state index is 12.6. The van der Waals surface area contributed by atoms with Gasteiger partial charge in [0.15, 0.2) is 0 Å². The molecule has 2 aromatic heterocycles. The van der Waals surface area contributed by atoms with Crippen LogP contribution in [0.2, 0.25) is 0 Å². The number of nitrogens with two attached hydrogens (primary N) is 1. The lowest BCUT2D eigenvalue weighted by Crippen LogP contribution is -2.48. The number of carbonyl (C=O) groups excluding carboxylic acids is 1. The molecule has 20 heavy (non-hydrogen) atoms. The Bertz CT molecular complexity index is 665. The van der Waals surface area contributed by atoms with E-state index in [0.717, 1.165) is 22.9 Å². The Morgan fingerprint density at radius 2 is 2.40 bits per heavy atom. The third kappa shape index (κ3) is 2.25. The molecule has 6 heteroatoms. The minimum absolute atomic E-state index is 0.0938. The molecule has 3 rings (SSSR count). The number of aliphatic hydroxyl groups is 1. The van der Waals surface area contributed by atoms with E-state index in [1.807, 2.05) is 6.07 Å². The number of aromatic nitrogens is 1. The van der Waals surface area contributed by atoms with Crippen LogP contribution in [-0.2, 0) is 0 Å². The van der Waals surface area contributed by atoms with Gasteiger partial charge in [-0.1, -0.05) is 0 Å². The molecule has 0 bridgehead atoms. The Morgan fingerprint density at radius 1 is 1.60 bits per heavy atom. The number of pyridine rings is 1. The van der Waals surface area contributed by atoms with Crippen molar-refractivity contribution in [2.45, 2.75) is 25.4 Å². The number of likely N-dealkylation sites (tertiary alicyclic amines) is 1. The van der Waals surface area contributed by atoms with E-state index < -0.39 is 5.60 Å². The van der Waals surface area contributed by atoms with Crippen molar-refractivity contribution >= 4 is 33.0 Å². The molecular weight excluding hydrogens is 274 g/mol. The van der Waals surface area contributed by atoms with E-state index >= 15 is 0 Å². The predicted molar refractivity (Wildman–Crippen MR) is 79.8 cm³/mol. The number of nitrogens with zero attached hydrogens (tertiary/aromatic N) is 2. The van der Waals surface area contributed by atoms with E-state index in [-0.39, 0.29) is 5.91 Å². The van der Waals surface area contributed by atoms with Gasteiger partial charge in [-0.25, -0.2) is 0 Å². The first-order valence-corrected chi connectivity index (χ1v) is 7.43. The van der Waals surface area contributed by atoms with Crippen molar-refractivity contribution in [2.24, 2.45) is 0 Å². The summed E-state index contributed by atoms with van der Waals surface area (Å²) in [5.74, 6) is -0.0938. The first-order valence-electron chi connectivity index (χ1n) is 6.61. The highest BCUT2D eigenvalue weighted by Crippen LogP contribution is 2.34. The van der Waals surface area contributed by atoms with Crippen molar-refractivity contribution in [3.05, 3.63) is 23.3 Å². The van der Waals surface area contributed by atoms with Gasteiger partial charge in [0.1, 0.15) is 4.88 Å². The third-order valence-electron chi connectivity index (χ3n) is 3.69. The zero-order valence-corrected chi connectivity index (χ0v) is 12.1. The van der Waals surface area contributed by atoms with E-state index in [2.05, 4.69) is 4.98 Å². The predicted octanol–water partition coefficient (Wildman–Crippen LogP) is 1.87. The van der Waals surface area contributed by atoms with Gasteiger partial charge in [-0.05, 0) is 25.8 Å². The number of thiophene rings is 1. The first kappa shape index (κ1) is 13.3. The minimum atomic E-state index is -0.805. The van der Waals surface area contributed by atoms with E-state index in [4.69, 9.17) is 5.73 Å². The molecule has 2 aromatic rings. The highest BCUT2D eigenvalue weighted by molar-refractivity contribution is 7.21. The maximum absolute atomic E-state index is 12.6. The summed E-state index contributed by atoms with van der Waals surface area (Å²) in [6.45, 7) is 2.79. The molecule has 1 unspecified atom stereocenters. The maximum Gasteiger partial charge on any atom is 0.266 e. The number of rotatable bonds is 1. The van der Waals surface area contributed by atoms with Crippen molar-refractivity contribution in [3.8, 4) is 0 Å². The summed E-state index contributed by atoms with van der Waals surface area (Å²) in [7, 11) is 0. The molecule has 0 spiro atoms. The second-order valence-electron chi connectivity index (χ2n) is 5.54. The SMILES string of the molecule is CC1(O)CCCN(C(=O)c2sc3cnccc3c2N)C1. The van der Waals surface area contributed by atoms with E-state index in [9.17, 15) is 9.90 Å². The van der Waals surface area contributed by atoms with Gasteiger partial charge in [0.25, 0.3) is 5.91 Å². The van der Waals surface area contributed by atoms with Crippen LogP contribution in [0, 0.1) is 0 Å². The quantitative estimate of drug-likeness (QED) is 0.840. The normalized spacial score (nSPS) is 23.2. The van der Waals surface area contributed by atoms with Gasteiger partial charge in [-0.2, -0.15) is 0 Å². The van der Waals surface area contributed by atoms with Crippen LogP contribution in [0.1, 0.15) is 29.4 Å². The van der Waals surface area contributed by atoms with Crippen molar-refractivity contribution < 1.29 is 9.90 Å². The number of β-amino-alcohol motifs (C(OH)–C–C–N with tert-alkyl or cyclic N) is 1. The van der Waals surface area contributed by atoms with Gasteiger partial charge in [-0.3, -0.25) is 9.78 Å². The first-order chi connectivity index (χ1) is 9.48. The van der Waals surface area contributed by atoms with E-state index in [1.165, 1.54) is 11.3 Å². The van der Waals surface area contributed by atoms with Gasteiger partial charge in [-0.15, -0.1) is 11.3 Å². The molecule has 3 N–H and O–H groups in total. The molecule has 5 nitrogen and oxygen atoms in total. The molecule has 106 valence electrons. The van der Waals surface area contributed by atoms with Crippen LogP contribution < -0.4 is 5.73 Å². The fourth-order valence-corrected chi connectivity index (χ4v) is 3.72. The average Bonchev–Trinajstić information content (AvgIpc) is 2.75. The molecule has 1 amide bonds. The minimum Gasteiger partial charge on any atom is -0.397 e. The van der Waals surface area contributed by atoms with Crippen LogP contribution in [0.25, 0.3) is 10.1 Å². The number of piperidine rings is 1. The Balaban J connectivity index is 1.94. The molecule has 0 aliphatic carbocycles. The largest absolute Gasteiger partial charge is 0.397 e. The van der Waals surface area contributed by atoms with Crippen LogP contribution in [0.4, 0.5) is 5.69 Å². The zero-order valence-electron chi connectivity index (χ0n) is 11.3. The molecule has 1 aliphatic heterocycles. The number of fused-ring (bicyclic) bond motifs is 1. The van der Waals surface area contributed by atoms with Crippen molar-refractivity contribution in [1.82, 2.24) is 9.88 Å². The summed E-state index contributed by atoms with van der Waals surface area (Å²) in [6.07, 6.45) is 4.93. The number of amides is 1. The summed E-state index contributed by atoms with van der Waals surface area (Å²) in [5.41, 5.74) is 5.80. The molecule has 1 atom stereocenters. The van der Waals surface area contributed by atoms with Gasteiger partial charge in [0.05, 0.1) is 16.0 Å². The zero-order chi connectivity index (χ0) is 14.3. The molecule has 1 saturated heterocycles. The molecule has 1 fully saturated rings. The smallest absolute Gasteiger partial charge is 0.266 e. The number of hydrogen-bond donors (Lipinski definition) is 2. The fraction of sp³-hybridized carbons (Fsp3) is 0.429. The number of carbonyl (C=O) groups is 1. The average molecular weight is 291 g/mol. The highest BCUT2D eigenvalue weighted by Gasteiger charge is 2.32. The number of anilines is 1. The topological polar surface area (TPSA) is 79.5 Å². The summed E-state index contributed by atoms with van der Waals surface area (Å²) in [5, 5.41) is 11.0. The summed E-state index contributed by atoms with van der Waals surface area (Å²) < 4.78 is 0.914. The molecule has 1 aliphatic rings. The van der Waals surface area contributed by atoms with Crippen molar-refractivity contribution in [2.75, 3.05) is 18.8 Å². The van der Waals surface area contributed by atoms with Gasteiger partial charge >= 0.3 is 0 Å². The Morgan fingerprint density at radius 3 is 3.10 bits per heavy atom. The van der Waals surface area contributed by atoms with Crippen LogP contribution in [0.15, 0.2) is 18.5 Å². The molecule has 0 saturated carbocycles. The molecule has 0 radical (unpaired) electrons. The van der Waals surface area contributed by atoms with Crippen molar-refractivity contribution in [1.29, 1.82) is 0 Å². The molecule has 0 aromatic carbocycles. The lowest BCUT2D eigenvalue weighted by Gasteiger charge is -2.36. The Kier molecular flexibility index (Phi) is 3.14. The summed E-state index contributed by atoms with van der Waals surface area (Å²) in [6, 6.07) is 1.82. The Labute approximate surface area is 121 Å². The second-order valence-corrected chi connectivity index (χ2v) is 6.60. The van der Waals surface area contributed by atoms with Crippen LogP contribution >= 0.6 is 11.3 Å². The fourth-order valence-electron chi connectivity index (χ4n) is 2.67. The lowest BCUT2D eigenvalue weighted by molar-refractivity contribution is -0.0105. The third-order valence-corrected chi connectivity index (χ3v) is 4.83. The van der Waals surface area contributed by atoms with Gasteiger partial charge in [0, 0.05) is 30.9 Å². The van der Waals surface area contributed by atoms with Crippen LogP contribution in [0.5, 0.6) is 0 Å². The van der Waals surface area contributed by atoms with Gasteiger partial charge < -0.3 is 15.7 Å². The lowest BCUT2D eigenvalue weighted by atomic mass is 9.95. The molecule has 3 heterocycles. The standard InChI is InChI=1S/C14H17N3O2S/c1-14(19)4-2-6-17(8-14)13(18)12-11(15)9-3-5-16-7-10(9)20-12/h3,5,7,19H,2,4,6,8,15H2,1H3. The Hall–Kier alpha value is -1.66. The number of nitrogen functional groups attached to an aromatic ring is 1. The van der Waals surface area contributed by atoms with Crippen LogP contribution in [-0.4, -0.2) is 39.6 Å². The van der Waals surface area contributed by atoms with Crippen molar-refractivity contribution in [3.63, 3.8) is 0 Å². The van der Waals surface area contributed by atoms with Crippen LogP contribution in [0.3, 0.4) is 0 Å². The summed E-state index contributed by atoms with van der Waals surface area (Å²) in [4.78, 5) is 18.9. The summed E-state index contributed by atoms with van der Waals surface area (Å²) >= 11 is 1.37. The van der Waals surface area contributed by atoms with E-state index in [0.29, 0.717) is 23.7 Å². The molecular formula is C14H17N3O2S. The highest BCUT2D eigenvalue weighted by atomic mass is 32.1.